The van der Waals surface area contributed by atoms with Crippen LogP contribution in [0.2, 0.25) is 0 Å². The molecule has 3 nitrogen and oxygen atoms in total. The lowest BCUT2D eigenvalue weighted by Crippen LogP contribution is -2.13. The number of carbonyl (C=O) groups is 1. The van der Waals surface area contributed by atoms with Crippen molar-refractivity contribution in [1.82, 2.24) is 0 Å². The first-order chi connectivity index (χ1) is 9.65. The summed E-state index contributed by atoms with van der Waals surface area (Å²) in [7, 11) is 1.65. The summed E-state index contributed by atoms with van der Waals surface area (Å²) in [5.41, 5.74) is 0.976. The molecule has 0 amide bonds. The first-order valence-corrected chi connectivity index (χ1v) is 6.90. The predicted molar refractivity (Wildman–Crippen MR) is 80.2 cm³/mol. The summed E-state index contributed by atoms with van der Waals surface area (Å²) in [6, 6.07) is 11.9. The van der Waals surface area contributed by atoms with Gasteiger partial charge in [-0.3, -0.25) is 4.79 Å². The molecule has 0 unspecified atom stereocenters. The van der Waals surface area contributed by atoms with Gasteiger partial charge in [0.2, 0.25) is 0 Å². The number of ether oxygens (including phenoxy) is 2. The van der Waals surface area contributed by atoms with Crippen molar-refractivity contribution < 1.29 is 14.3 Å². The molecule has 2 aromatic carbocycles. The Labute approximate surface area is 119 Å². The fraction of sp³-hybridized carbons (Fsp3) is 0.353. The Kier molecular flexibility index (Phi) is 4.61. The fourth-order valence-electron chi connectivity index (χ4n) is 2.10. The van der Waals surface area contributed by atoms with Crippen LogP contribution in [0, 0.1) is 0 Å². The number of fused-ring (bicyclic) bond motifs is 1. The summed E-state index contributed by atoms with van der Waals surface area (Å²) in [6.45, 7) is 4.35. The molecule has 0 saturated carbocycles. The van der Waals surface area contributed by atoms with Crippen molar-refractivity contribution in [1.29, 1.82) is 0 Å². The van der Waals surface area contributed by atoms with Crippen LogP contribution in [0.15, 0.2) is 36.4 Å². The lowest BCUT2D eigenvalue weighted by molar-refractivity contribution is -0.145. The molecule has 20 heavy (non-hydrogen) atoms. The largest absolute Gasteiger partial charge is 0.497 e. The zero-order valence-electron chi connectivity index (χ0n) is 12.2. The summed E-state index contributed by atoms with van der Waals surface area (Å²) in [6.07, 6.45) is 0.843. The number of rotatable bonds is 5. The molecule has 0 spiro atoms. The Morgan fingerprint density at radius 1 is 1.15 bits per heavy atom. The minimum absolute atomic E-state index is 0.167. The molecule has 0 aliphatic heterocycles. The Hall–Kier alpha value is -2.03. The Bertz CT molecular complexity index is 604. The van der Waals surface area contributed by atoms with Crippen LogP contribution in [0.4, 0.5) is 0 Å². The van der Waals surface area contributed by atoms with Crippen molar-refractivity contribution in [2.45, 2.75) is 26.2 Å². The number of hydrogen-bond donors (Lipinski definition) is 0. The van der Waals surface area contributed by atoms with E-state index in [2.05, 4.69) is 0 Å². The summed E-state index contributed by atoms with van der Waals surface area (Å²) in [5.74, 6) is 0.424. The monoisotopic (exact) mass is 272 g/mol. The average Bonchev–Trinajstić information content (AvgIpc) is 2.50. The van der Waals surface area contributed by atoms with E-state index < -0.39 is 0 Å². The topological polar surface area (TPSA) is 35.5 Å². The molecule has 2 rings (SSSR count). The van der Waals surface area contributed by atoms with E-state index in [-0.39, 0.29) is 11.9 Å². The van der Waals surface area contributed by atoms with Gasteiger partial charge < -0.3 is 9.47 Å². The van der Waals surface area contributed by atoms with E-state index in [0.717, 1.165) is 28.5 Å². The first kappa shape index (κ1) is 14.4. The molecule has 1 atom stereocenters. The molecule has 0 saturated heterocycles. The van der Waals surface area contributed by atoms with Crippen LogP contribution in [0.5, 0.6) is 5.75 Å². The third kappa shape index (κ3) is 3.10. The quantitative estimate of drug-likeness (QED) is 0.774. The van der Waals surface area contributed by atoms with Crippen LogP contribution in [0.3, 0.4) is 0 Å². The average molecular weight is 272 g/mol. The SMILES string of the molecule is CCCOC(=O)[C@H](C)c1ccc2cc(OC)ccc2c1. The lowest BCUT2D eigenvalue weighted by Gasteiger charge is -2.12. The van der Waals surface area contributed by atoms with E-state index in [1.807, 2.05) is 50.2 Å². The standard InChI is InChI=1S/C17H20O3/c1-4-9-20-17(18)12(2)13-5-6-15-11-16(19-3)8-7-14(15)10-13/h5-8,10-12H,4,9H2,1-3H3/t12-/m1/s1. The van der Waals surface area contributed by atoms with Gasteiger partial charge in [0, 0.05) is 0 Å². The second-order valence-electron chi connectivity index (χ2n) is 4.86. The van der Waals surface area contributed by atoms with Gasteiger partial charge in [-0.2, -0.15) is 0 Å². The minimum atomic E-state index is -0.243. The van der Waals surface area contributed by atoms with Crippen LogP contribution in [-0.2, 0) is 9.53 Å². The Morgan fingerprint density at radius 2 is 1.85 bits per heavy atom. The van der Waals surface area contributed by atoms with E-state index in [4.69, 9.17) is 9.47 Å². The molecular formula is C17H20O3. The summed E-state index contributed by atoms with van der Waals surface area (Å²) in [5, 5.41) is 2.20. The molecule has 0 aliphatic carbocycles. The van der Waals surface area contributed by atoms with E-state index in [1.54, 1.807) is 7.11 Å². The van der Waals surface area contributed by atoms with Gasteiger partial charge in [0.25, 0.3) is 0 Å². The van der Waals surface area contributed by atoms with Gasteiger partial charge in [-0.25, -0.2) is 0 Å². The number of carbonyl (C=O) groups excluding carboxylic acids is 1. The Morgan fingerprint density at radius 3 is 2.55 bits per heavy atom. The predicted octanol–water partition coefficient (Wildman–Crippen LogP) is 3.91. The number of hydrogen-bond acceptors (Lipinski definition) is 3. The van der Waals surface area contributed by atoms with Gasteiger partial charge in [-0.05, 0) is 41.8 Å². The first-order valence-electron chi connectivity index (χ1n) is 6.90. The normalized spacial score (nSPS) is 12.2. The van der Waals surface area contributed by atoms with Crippen molar-refractivity contribution in [3.8, 4) is 5.75 Å². The van der Waals surface area contributed by atoms with Crippen LogP contribution in [-0.4, -0.2) is 19.7 Å². The molecule has 2 aromatic rings. The van der Waals surface area contributed by atoms with Crippen LogP contribution in [0.25, 0.3) is 10.8 Å². The van der Waals surface area contributed by atoms with Gasteiger partial charge in [-0.15, -0.1) is 0 Å². The van der Waals surface area contributed by atoms with Crippen molar-refractivity contribution in [2.24, 2.45) is 0 Å². The molecule has 106 valence electrons. The maximum absolute atomic E-state index is 11.9. The van der Waals surface area contributed by atoms with E-state index in [0.29, 0.717) is 6.61 Å². The van der Waals surface area contributed by atoms with Gasteiger partial charge in [0.05, 0.1) is 19.6 Å². The highest BCUT2D eigenvalue weighted by Gasteiger charge is 2.16. The second-order valence-corrected chi connectivity index (χ2v) is 4.86. The van der Waals surface area contributed by atoms with Crippen LogP contribution in [0.1, 0.15) is 31.7 Å². The molecule has 0 aliphatic rings. The smallest absolute Gasteiger partial charge is 0.313 e. The minimum Gasteiger partial charge on any atom is -0.497 e. The van der Waals surface area contributed by atoms with E-state index >= 15 is 0 Å². The maximum Gasteiger partial charge on any atom is 0.313 e. The fourth-order valence-corrected chi connectivity index (χ4v) is 2.10. The third-order valence-corrected chi connectivity index (χ3v) is 3.37. The molecule has 0 fully saturated rings. The van der Waals surface area contributed by atoms with E-state index in [9.17, 15) is 4.79 Å². The summed E-state index contributed by atoms with van der Waals surface area (Å²) in [4.78, 5) is 11.9. The highest BCUT2D eigenvalue weighted by Crippen LogP contribution is 2.25. The molecule has 0 N–H and O–H groups in total. The lowest BCUT2D eigenvalue weighted by atomic mass is 9.98. The highest BCUT2D eigenvalue weighted by molar-refractivity contribution is 5.86. The van der Waals surface area contributed by atoms with Gasteiger partial charge in [-0.1, -0.05) is 31.2 Å². The number of methoxy groups -OCH3 is 1. The molecule has 3 heteroatoms. The van der Waals surface area contributed by atoms with Gasteiger partial charge in [0.1, 0.15) is 5.75 Å². The molecule has 0 aromatic heterocycles. The number of esters is 1. The molecule has 0 radical (unpaired) electrons. The van der Waals surface area contributed by atoms with Crippen molar-refractivity contribution >= 4 is 16.7 Å². The maximum atomic E-state index is 11.9. The molecule has 0 bridgehead atoms. The zero-order valence-corrected chi connectivity index (χ0v) is 12.2. The zero-order chi connectivity index (χ0) is 14.5. The van der Waals surface area contributed by atoms with Gasteiger partial charge in [0.15, 0.2) is 0 Å². The summed E-state index contributed by atoms with van der Waals surface area (Å²) < 4.78 is 10.4. The Balaban J connectivity index is 2.25. The second kappa shape index (κ2) is 6.42. The summed E-state index contributed by atoms with van der Waals surface area (Å²) >= 11 is 0. The highest BCUT2D eigenvalue weighted by atomic mass is 16.5. The molecule has 0 heterocycles. The van der Waals surface area contributed by atoms with Gasteiger partial charge >= 0.3 is 5.97 Å². The van der Waals surface area contributed by atoms with Crippen LogP contribution < -0.4 is 4.74 Å². The van der Waals surface area contributed by atoms with E-state index in [1.165, 1.54) is 0 Å². The van der Waals surface area contributed by atoms with Crippen LogP contribution >= 0.6 is 0 Å². The third-order valence-electron chi connectivity index (χ3n) is 3.37. The van der Waals surface area contributed by atoms with Crippen molar-refractivity contribution in [3.63, 3.8) is 0 Å². The molecular weight excluding hydrogens is 252 g/mol. The van der Waals surface area contributed by atoms with Crippen molar-refractivity contribution in [2.75, 3.05) is 13.7 Å². The van der Waals surface area contributed by atoms with Crippen molar-refractivity contribution in [3.05, 3.63) is 42.0 Å². The number of benzene rings is 2.